The van der Waals surface area contributed by atoms with E-state index in [2.05, 4.69) is 5.32 Å². The second kappa shape index (κ2) is 9.88. The second-order valence-corrected chi connectivity index (χ2v) is 8.72. The number of primary amides is 1. The number of rotatable bonds is 7. The van der Waals surface area contributed by atoms with E-state index in [0.29, 0.717) is 23.2 Å². The highest BCUT2D eigenvalue weighted by Crippen LogP contribution is 2.36. The quantitative estimate of drug-likeness (QED) is 0.413. The van der Waals surface area contributed by atoms with Crippen molar-refractivity contribution in [2.45, 2.75) is 19.1 Å². The van der Waals surface area contributed by atoms with Crippen molar-refractivity contribution in [1.82, 2.24) is 10.2 Å². The van der Waals surface area contributed by atoms with Crippen LogP contribution < -0.4 is 11.1 Å². The van der Waals surface area contributed by atoms with Crippen LogP contribution in [0.15, 0.2) is 103 Å². The summed E-state index contributed by atoms with van der Waals surface area (Å²) in [6, 6.07) is 31.2. The lowest BCUT2D eigenvalue weighted by Gasteiger charge is -2.26. The Labute approximate surface area is 209 Å². The molecule has 4 aromatic rings. The third-order valence-electron chi connectivity index (χ3n) is 6.45. The van der Waals surface area contributed by atoms with Crippen molar-refractivity contribution in [3.8, 4) is 11.1 Å². The van der Waals surface area contributed by atoms with Crippen LogP contribution in [0.1, 0.15) is 43.4 Å². The van der Waals surface area contributed by atoms with Crippen LogP contribution in [-0.4, -0.2) is 22.6 Å². The highest BCUT2D eigenvalue weighted by atomic mass is 16.2. The van der Waals surface area contributed by atoms with E-state index in [9.17, 15) is 14.4 Å². The molecule has 1 aliphatic rings. The predicted octanol–water partition coefficient (Wildman–Crippen LogP) is 4.47. The first-order valence-electron chi connectivity index (χ1n) is 11.7. The first-order valence-corrected chi connectivity index (χ1v) is 11.7. The van der Waals surface area contributed by atoms with Crippen LogP contribution in [0.4, 0.5) is 0 Å². The molecular formula is C30H25N3O3. The lowest BCUT2D eigenvalue weighted by molar-refractivity contribution is -0.125. The molecule has 3 amide bonds. The van der Waals surface area contributed by atoms with Crippen molar-refractivity contribution < 1.29 is 14.4 Å². The van der Waals surface area contributed by atoms with Gasteiger partial charge in [-0.05, 0) is 46.0 Å². The normalized spacial score (nSPS) is 14.4. The number of hydrogen-bond donors (Lipinski definition) is 2. The summed E-state index contributed by atoms with van der Waals surface area (Å²) in [5, 5.41) is 2.96. The van der Waals surface area contributed by atoms with Crippen molar-refractivity contribution in [1.29, 1.82) is 0 Å². The van der Waals surface area contributed by atoms with Crippen LogP contribution in [0.2, 0.25) is 0 Å². The molecule has 0 saturated carbocycles. The summed E-state index contributed by atoms with van der Waals surface area (Å²) in [5.74, 6) is -0.929. The molecule has 4 aromatic carbocycles. The van der Waals surface area contributed by atoms with Crippen molar-refractivity contribution >= 4 is 17.7 Å². The Balaban J connectivity index is 1.42. The number of nitrogens with zero attached hydrogens (tertiary/aromatic N) is 1. The van der Waals surface area contributed by atoms with Crippen LogP contribution in [0.3, 0.4) is 0 Å². The second-order valence-electron chi connectivity index (χ2n) is 8.72. The Hall–Kier alpha value is -4.71. The van der Waals surface area contributed by atoms with Crippen molar-refractivity contribution in [2.24, 2.45) is 5.73 Å². The van der Waals surface area contributed by atoms with E-state index in [0.717, 1.165) is 22.3 Å². The van der Waals surface area contributed by atoms with Gasteiger partial charge in [-0.1, -0.05) is 84.9 Å². The largest absolute Gasteiger partial charge is 0.366 e. The standard InChI is InChI=1S/C30H25N3O3/c31-28(34)22-16-14-20(15-17-22)18-32-29(35)27-25-12-6-7-13-26(25)30(36)33(27)19-23-10-4-5-11-24(23)21-8-2-1-3-9-21/h1-17,27H,18-19H2,(H2,31,34)(H,32,35). The van der Waals surface area contributed by atoms with E-state index in [-0.39, 0.29) is 18.4 Å². The molecule has 5 rings (SSSR count). The number of nitrogens with two attached hydrogens (primary N) is 1. The molecule has 0 aromatic heterocycles. The fourth-order valence-electron chi connectivity index (χ4n) is 4.63. The molecule has 6 nitrogen and oxygen atoms in total. The van der Waals surface area contributed by atoms with Gasteiger partial charge < -0.3 is 16.0 Å². The summed E-state index contributed by atoms with van der Waals surface area (Å²) in [6.45, 7) is 0.559. The van der Waals surface area contributed by atoms with Crippen LogP contribution in [0.25, 0.3) is 11.1 Å². The molecule has 1 atom stereocenters. The van der Waals surface area contributed by atoms with Gasteiger partial charge in [-0.15, -0.1) is 0 Å². The third kappa shape index (κ3) is 4.49. The van der Waals surface area contributed by atoms with Crippen LogP contribution in [0, 0.1) is 0 Å². The Morgan fingerprint density at radius 2 is 1.42 bits per heavy atom. The number of carbonyl (C=O) groups is 3. The zero-order valence-electron chi connectivity index (χ0n) is 19.6. The maximum atomic E-state index is 13.5. The van der Waals surface area contributed by atoms with Gasteiger partial charge >= 0.3 is 0 Å². The van der Waals surface area contributed by atoms with E-state index in [1.54, 1.807) is 35.2 Å². The summed E-state index contributed by atoms with van der Waals surface area (Å²) in [5.41, 5.74) is 10.8. The van der Waals surface area contributed by atoms with Crippen molar-refractivity contribution in [3.63, 3.8) is 0 Å². The number of amides is 3. The van der Waals surface area contributed by atoms with Crippen LogP contribution in [-0.2, 0) is 17.9 Å². The highest BCUT2D eigenvalue weighted by Gasteiger charge is 2.41. The summed E-state index contributed by atoms with van der Waals surface area (Å²) in [4.78, 5) is 39.9. The molecule has 0 bridgehead atoms. The minimum atomic E-state index is -0.748. The molecule has 0 radical (unpaired) electrons. The number of benzene rings is 4. The molecule has 6 heteroatoms. The van der Waals surface area contributed by atoms with E-state index >= 15 is 0 Å². The molecule has 0 saturated heterocycles. The van der Waals surface area contributed by atoms with E-state index in [1.807, 2.05) is 72.8 Å². The minimum Gasteiger partial charge on any atom is -0.366 e. The van der Waals surface area contributed by atoms with E-state index in [4.69, 9.17) is 5.73 Å². The van der Waals surface area contributed by atoms with Gasteiger partial charge in [-0.3, -0.25) is 14.4 Å². The lowest BCUT2D eigenvalue weighted by atomic mass is 9.99. The number of carbonyl (C=O) groups excluding carboxylic acids is 3. The average Bonchev–Trinajstić information content (AvgIpc) is 3.19. The van der Waals surface area contributed by atoms with Gasteiger partial charge in [0.15, 0.2) is 0 Å². The predicted molar refractivity (Wildman–Crippen MR) is 138 cm³/mol. The molecule has 0 spiro atoms. The Kier molecular flexibility index (Phi) is 6.33. The molecule has 0 fully saturated rings. The molecule has 1 aliphatic heterocycles. The first kappa shape index (κ1) is 23.1. The van der Waals surface area contributed by atoms with Gasteiger partial charge in [0.25, 0.3) is 5.91 Å². The molecule has 1 heterocycles. The Morgan fingerprint density at radius 3 is 2.14 bits per heavy atom. The van der Waals surface area contributed by atoms with Gasteiger partial charge in [0.1, 0.15) is 6.04 Å². The van der Waals surface area contributed by atoms with Crippen LogP contribution >= 0.6 is 0 Å². The van der Waals surface area contributed by atoms with Crippen LogP contribution in [0.5, 0.6) is 0 Å². The van der Waals surface area contributed by atoms with Gasteiger partial charge in [0.2, 0.25) is 11.8 Å². The topological polar surface area (TPSA) is 92.5 Å². The average molecular weight is 476 g/mol. The minimum absolute atomic E-state index is 0.167. The SMILES string of the molecule is NC(=O)c1ccc(CNC(=O)C2c3ccccc3C(=O)N2Cc2ccccc2-c2ccccc2)cc1. The van der Waals surface area contributed by atoms with Crippen molar-refractivity contribution in [2.75, 3.05) is 0 Å². The third-order valence-corrected chi connectivity index (χ3v) is 6.45. The fourth-order valence-corrected chi connectivity index (χ4v) is 4.63. The molecule has 36 heavy (non-hydrogen) atoms. The van der Waals surface area contributed by atoms with Gasteiger partial charge in [-0.25, -0.2) is 0 Å². The highest BCUT2D eigenvalue weighted by molar-refractivity contribution is 6.04. The Bertz CT molecular complexity index is 1430. The summed E-state index contributed by atoms with van der Waals surface area (Å²) >= 11 is 0. The summed E-state index contributed by atoms with van der Waals surface area (Å²) in [7, 11) is 0. The maximum absolute atomic E-state index is 13.5. The molecule has 0 aliphatic carbocycles. The first-order chi connectivity index (χ1) is 17.5. The molecule has 3 N–H and O–H groups in total. The zero-order chi connectivity index (χ0) is 25.1. The fraction of sp³-hybridized carbons (Fsp3) is 0.100. The van der Waals surface area contributed by atoms with Crippen molar-refractivity contribution in [3.05, 3.63) is 131 Å². The molecular weight excluding hydrogens is 450 g/mol. The Morgan fingerprint density at radius 1 is 0.778 bits per heavy atom. The van der Waals surface area contributed by atoms with Gasteiger partial charge in [-0.2, -0.15) is 0 Å². The molecule has 1 unspecified atom stereocenters. The van der Waals surface area contributed by atoms with Gasteiger partial charge in [0, 0.05) is 24.2 Å². The summed E-state index contributed by atoms with van der Waals surface area (Å²) < 4.78 is 0. The van der Waals surface area contributed by atoms with E-state index in [1.165, 1.54) is 0 Å². The monoisotopic (exact) mass is 475 g/mol. The maximum Gasteiger partial charge on any atom is 0.255 e. The van der Waals surface area contributed by atoms with E-state index < -0.39 is 11.9 Å². The lowest BCUT2D eigenvalue weighted by Crippen LogP contribution is -2.38. The number of hydrogen-bond acceptors (Lipinski definition) is 3. The zero-order valence-corrected chi connectivity index (χ0v) is 19.6. The summed E-state index contributed by atoms with van der Waals surface area (Å²) in [6.07, 6.45) is 0. The smallest absolute Gasteiger partial charge is 0.255 e. The van der Waals surface area contributed by atoms with Gasteiger partial charge in [0.05, 0.1) is 0 Å². The molecule has 178 valence electrons. The number of fused-ring (bicyclic) bond motifs is 1. The number of nitrogens with one attached hydrogen (secondary N) is 1.